The number of carbonyl (C=O) groups excluding carboxylic acids is 1. The molecule has 1 aliphatic heterocycles. The third kappa shape index (κ3) is 1.89. The van der Waals surface area contributed by atoms with Crippen molar-refractivity contribution >= 4 is 23.2 Å². The Morgan fingerprint density at radius 3 is 2.89 bits per heavy atom. The number of nitrogens with zero attached hydrogens (tertiary/aromatic N) is 2. The molecule has 1 aromatic rings. The number of carboxylic acid groups (broad SMARTS) is 1. The highest BCUT2D eigenvalue weighted by Gasteiger charge is 2.48. The van der Waals surface area contributed by atoms with Crippen molar-refractivity contribution in [1.29, 1.82) is 0 Å². The molecule has 0 bridgehead atoms. The van der Waals surface area contributed by atoms with E-state index in [1.54, 1.807) is 15.8 Å². The molecule has 7 heteroatoms. The minimum Gasteiger partial charge on any atom is -0.479 e. The smallest absolute Gasteiger partial charge is 0.335 e. The van der Waals surface area contributed by atoms with E-state index in [1.165, 1.54) is 11.3 Å². The van der Waals surface area contributed by atoms with Gasteiger partial charge in [0.2, 0.25) is 5.91 Å². The summed E-state index contributed by atoms with van der Waals surface area (Å²) in [5.41, 5.74) is 2.24. The minimum atomic E-state index is -1.05. The van der Waals surface area contributed by atoms with E-state index in [0.717, 1.165) is 12.8 Å². The first kappa shape index (κ1) is 11.6. The summed E-state index contributed by atoms with van der Waals surface area (Å²) >= 11 is 1.38. The molecule has 3 rings (SSSR count). The summed E-state index contributed by atoms with van der Waals surface area (Å²) in [5.74, 6) is -1.20. The third-order valence-electron chi connectivity index (χ3n) is 3.20. The van der Waals surface area contributed by atoms with Gasteiger partial charge in [-0.2, -0.15) is 0 Å². The van der Waals surface area contributed by atoms with Crippen LogP contribution in [0, 0.1) is 0 Å². The SMILES string of the molecule is O=C(O)C1OCC(=O)N(C2CC2)C1c1cscn1. The molecule has 1 aromatic heterocycles. The fraction of sp³-hybridized carbons (Fsp3) is 0.545. The van der Waals surface area contributed by atoms with Crippen LogP contribution >= 0.6 is 11.3 Å². The van der Waals surface area contributed by atoms with Crippen molar-refractivity contribution in [2.24, 2.45) is 0 Å². The van der Waals surface area contributed by atoms with E-state index in [-0.39, 0.29) is 18.6 Å². The summed E-state index contributed by atoms with van der Waals surface area (Å²) in [7, 11) is 0. The monoisotopic (exact) mass is 268 g/mol. The molecule has 18 heavy (non-hydrogen) atoms. The van der Waals surface area contributed by atoms with E-state index >= 15 is 0 Å². The number of ether oxygens (including phenoxy) is 1. The standard InChI is InChI=1S/C11H12N2O4S/c14-8-3-17-10(11(15)16)9(7-4-18-5-12-7)13(8)6-1-2-6/h4-6,9-10H,1-3H2,(H,15,16). The van der Waals surface area contributed by atoms with Crippen LogP contribution in [0.2, 0.25) is 0 Å². The Bertz CT molecular complexity index is 471. The van der Waals surface area contributed by atoms with Crippen LogP contribution in [-0.4, -0.2) is 45.6 Å². The van der Waals surface area contributed by atoms with E-state index in [4.69, 9.17) is 4.74 Å². The lowest BCUT2D eigenvalue weighted by molar-refractivity contribution is -0.174. The van der Waals surface area contributed by atoms with Crippen LogP contribution in [-0.2, 0) is 14.3 Å². The van der Waals surface area contributed by atoms with Gasteiger partial charge in [-0.15, -0.1) is 11.3 Å². The van der Waals surface area contributed by atoms with Gasteiger partial charge in [0.15, 0.2) is 6.10 Å². The number of amides is 1. The topological polar surface area (TPSA) is 79.7 Å². The van der Waals surface area contributed by atoms with Crippen LogP contribution in [0.3, 0.4) is 0 Å². The lowest BCUT2D eigenvalue weighted by atomic mass is 10.0. The lowest BCUT2D eigenvalue weighted by Gasteiger charge is -2.38. The number of thiazole rings is 1. The van der Waals surface area contributed by atoms with Crippen molar-refractivity contribution in [2.75, 3.05) is 6.61 Å². The van der Waals surface area contributed by atoms with Gasteiger partial charge >= 0.3 is 5.97 Å². The predicted molar refractivity (Wildman–Crippen MR) is 62.1 cm³/mol. The van der Waals surface area contributed by atoms with Crippen molar-refractivity contribution in [3.05, 3.63) is 16.6 Å². The fourth-order valence-electron chi connectivity index (χ4n) is 2.28. The molecule has 1 N–H and O–H groups in total. The van der Waals surface area contributed by atoms with Gasteiger partial charge < -0.3 is 14.7 Å². The number of hydrogen-bond acceptors (Lipinski definition) is 5. The summed E-state index contributed by atoms with van der Waals surface area (Å²) in [6, 6.07) is -0.447. The van der Waals surface area contributed by atoms with E-state index in [0.29, 0.717) is 5.69 Å². The van der Waals surface area contributed by atoms with E-state index in [9.17, 15) is 14.7 Å². The van der Waals surface area contributed by atoms with Gasteiger partial charge in [-0.25, -0.2) is 9.78 Å². The van der Waals surface area contributed by atoms with Gasteiger partial charge in [-0.05, 0) is 12.8 Å². The quantitative estimate of drug-likeness (QED) is 0.871. The Morgan fingerprint density at radius 1 is 1.56 bits per heavy atom. The lowest BCUT2D eigenvalue weighted by Crippen LogP contribution is -2.52. The van der Waals surface area contributed by atoms with Gasteiger partial charge in [0.1, 0.15) is 12.6 Å². The van der Waals surface area contributed by atoms with Crippen LogP contribution in [0.15, 0.2) is 10.9 Å². The molecule has 1 saturated carbocycles. The van der Waals surface area contributed by atoms with Gasteiger partial charge in [0.25, 0.3) is 0 Å². The number of aromatic nitrogens is 1. The van der Waals surface area contributed by atoms with Gasteiger partial charge in [-0.3, -0.25) is 4.79 Å². The zero-order chi connectivity index (χ0) is 12.7. The molecule has 2 aliphatic rings. The van der Waals surface area contributed by atoms with Crippen molar-refractivity contribution in [3.8, 4) is 0 Å². The van der Waals surface area contributed by atoms with E-state index in [1.807, 2.05) is 0 Å². The minimum absolute atomic E-state index is 0.145. The zero-order valence-electron chi connectivity index (χ0n) is 9.48. The van der Waals surface area contributed by atoms with Gasteiger partial charge in [-0.1, -0.05) is 0 Å². The second-order valence-electron chi connectivity index (χ2n) is 4.46. The highest BCUT2D eigenvalue weighted by Crippen LogP contribution is 2.39. The maximum absolute atomic E-state index is 11.9. The van der Waals surface area contributed by atoms with Crippen LogP contribution < -0.4 is 0 Å². The Morgan fingerprint density at radius 2 is 2.33 bits per heavy atom. The summed E-state index contributed by atoms with van der Waals surface area (Å²) in [6.07, 6.45) is 0.836. The Labute approximate surface area is 107 Å². The predicted octanol–water partition coefficient (Wildman–Crippen LogP) is 0.659. The molecule has 0 spiro atoms. The molecular formula is C11H12N2O4S. The number of carbonyl (C=O) groups is 2. The number of aliphatic carboxylic acids is 1. The number of morpholine rings is 1. The molecule has 1 saturated heterocycles. The molecule has 0 radical (unpaired) electrons. The molecule has 0 aromatic carbocycles. The molecule has 2 unspecified atom stereocenters. The molecule has 2 atom stereocenters. The first-order valence-corrected chi connectivity index (χ1v) is 6.66. The Kier molecular flexibility index (Phi) is 2.79. The average molecular weight is 268 g/mol. The second-order valence-corrected chi connectivity index (χ2v) is 5.18. The zero-order valence-corrected chi connectivity index (χ0v) is 10.3. The van der Waals surface area contributed by atoms with E-state index in [2.05, 4.69) is 4.98 Å². The van der Waals surface area contributed by atoms with Crippen LogP contribution in [0.5, 0.6) is 0 Å². The maximum atomic E-state index is 11.9. The maximum Gasteiger partial charge on any atom is 0.335 e. The molecule has 2 fully saturated rings. The first-order chi connectivity index (χ1) is 8.68. The van der Waals surface area contributed by atoms with Crippen molar-refractivity contribution in [2.45, 2.75) is 31.0 Å². The summed E-state index contributed by atoms with van der Waals surface area (Å²) in [5, 5.41) is 11.0. The normalized spacial score (nSPS) is 28.4. The fourth-order valence-corrected chi connectivity index (χ4v) is 2.87. The molecular weight excluding hydrogens is 256 g/mol. The highest BCUT2D eigenvalue weighted by molar-refractivity contribution is 7.07. The molecule has 1 amide bonds. The molecule has 2 heterocycles. The molecule has 96 valence electrons. The van der Waals surface area contributed by atoms with Crippen LogP contribution in [0.25, 0.3) is 0 Å². The van der Waals surface area contributed by atoms with E-state index < -0.39 is 18.1 Å². The van der Waals surface area contributed by atoms with Crippen LogP contribution in [0.1, 0.15) is 24.6 Å². The van der Waals surface area contributed by atoms with Gasteiger partial charge in [0, 0.05) is 11.4 Å². The number of rotatable bonds is 3. The largest absolute Gasteiger partial charge is 0.479 e. The Balaban J connectivity index is 1.98. The Hall–Kier alpha value is -1.47. The number of carboxylic acids is 1. The second kappa shape index (κ2) is 4.33. The van der Waals surface area contributed by atoms with Crippen molar-refractivity contribution < 1.29 is 19.4 Å². The van der Waals surface area contributed by atoms with Crippen molar-refractivity contribution in [1.82, 2.24) is 9.88 Å². The summed E-state index contributed by atoms with van der Waals surface area (Å²) in [4.78, 5) is 29.0. The van der Waals surface area contributed by atoms with Crippen molar-refractivity contribution in [3.63, 3.8) is 0 Å². The average Bonchev–Trinajstić information content (AvgIpc) is 3.03. The number of hydrogen-bond donors (Lipinski definition) is 1. The molecule has 1 aliphatic carbocycles. The highest BCUT2D eigenvalue weighted by atomic mass is 32.1. The first-order valence-electron chi connectivity index (χ1n) is 5.72. The summed E-state index contributed by atoms with van der Waals surface area (Å²) < 4.78 is 5.17. The molecule has 6 nitrogen and oxygen atoms in total. The van der Waals surface area contributed by atoms with Gasteiger partial charge in [0.05, 0.1) is 11.2 Å². The summed E-state index contributed by atoms with van der Waals surface area (Å²) in [6.45, 7) is -0.159. The third-order valence-corrected chi connectivity index (χ3v) is 3.80. The van der Waals surface area contributed by atoms with Crippen LogP contribution in [0.4, 0.5) is 0 Å².